The highest BCUT2D eigenvalue weighted by molar-refractivity contribution is 5.78. The first kappa shape index (κ1) is 17.4. The maximum atomic E-state index is 13.8. The summed E-state index contributed by atoms with van der Waals surface area (Å²) in [6, 6.07) is 6.67. The lowest BCUT2D eigenvalue weighted by atomic mass is 9.90. The molecular weight excluding hydrogens is 271 g/mol. The van der Waals surface area contributed by atoms with Gasteiger partial charge in [-0.2, -0.15) is 0 Å². The molecule has 1 aromatic rings. The molecule has 0 aliphatic heterocycles. The molecule has 0 saturated heterocycles. The fraction of sp³-hybridized carbons (Fsp3) is 0.562. The second kappa shape index (κ2) is 7.98. The molecule has 0 fully saturated rings. The molecular formula is C16H25FN2O2. The summed E-state index contributed by atoms with van der Waals surface area (Å²) >= 11 is 0. The molecule has 1 unspecified atom stereocenters. The lowest BCUT2D eigenvalue weighted by molar-refractivity contribution is -0.145. The van der Waals surface area contributed by atoms with Crippen LogP contribution in [0.1, 0.15) is 33.1 Å². The number of halogens is 1. The molecule has 118 valence electrons. The number of aliphatic carboxylic acids is 1. The van der Waals surface area contributed by atoms with Crippen LogP contribution in [0.25, 0.3) is 0 Å². The average Bonchev–Trinajstić information content (AvgIpc) is 2.49. The SMILES string of the molecule is CCN(CCCC(CC)(NC)C(=O)O)c1ccccc1F. The number of carboxylic acids is 1. The number of nitrogens with zero attached hydrogens (tertiary/aromatic N) is 1. The van der Waals surface area contributed by atoms with E-state index < -0.39 is 11.5 Å². The molecule has 0 saturated carbocycles. The largest absolute Gasteiger partial charge is 0.480 e. The summed E-state index contributed by atoms with van der Waals surface area (Å²) in [7, 11) is 1.67. The number of benzene rings is 1. The number of rotatable bonds is 9. The van der Waals surface area contributed by atoms with Gasteiger partial charge in [0.05, 0.1) is 5.69 Å². The van der Waals surface area contributed by atoms with Crippen molar-refractivity contribution < 1.29 is 14.3 Å². The van der Waals surface area contributed by atoms with Crippen molar-refractivity contribution in [2.24, 2.45) is 0 Å². The van der Waals surface area contributed by atoms with E-state index in [9.17, 15) is 14.3 Å². The highest BCUT2D eigenvalue weighted by atomic mass is 19.1. The number of anilines is 1. The van der Waals surface area contributed by atoms with Gasteiger partial charge in [0.25, 0.3) is 0 Å². The fourth-order valence-corrected chi connectivity index (χ4v) is 2.57. The maximum Gasteiger partial charge on any atom is 0.323 e. The molecule has 1 atom stereocenters. The summed E-state index contributed by atoms with van der Waals surface area (Å²) in [4.78, 5) is 13.4. The van der Waals surface area contributed by atoms with Crippen molar-refractivity contribution >= 4 is 11.7 Å². The Labute approximate surface area is 126 Å². The summed E-state index contributed by atoms with van der Waals surface area (Å²) in [5.74, 6) is -1.07. The molecule has 0 heterocycles. The number of para-hydroxylation sites is 1. The first-order valence-electron chi connectivity index (χ1n) is 7.42. The van der Waals surface area contributed by atoms with Crippen LogP contribution in [-0.4, -0.2) is 36.8 Å². The van der Waals surface area contributed by atoms with Gasteiger partial charge >= 0.3 is 5.97 Å². The van der Waals surface area contributed by atoms with Gasteiger partial charge in [-0.05, 0) is 45.4 Å². The van der Waals surface area contributed by atoms with Gasteiger partial charge in [-0.1, -0.05) is 19.1 Å². The average molecular weight is 296 g/mol. The van der Waals surface area contributed by atoms with Gasteiger partial charge in [0.15, 0.2) is 0 Å². The van der Waals surface area contributed by atoms with Crippen molar-refractivity contribution in [3.63, 3.8) is 0 Å². The number of carboxylic acid groups (broad SMARTS) is 1. The quantitative estimate of drug-likeness (QED) is 0.736. The first-order valence-corrected chi connectivity index (χ1v) is 7.42. The maximum absolute atomic E-state index is 13.8. The molecule has 0 spiro atoms. The Bertz CT molecular complexity index is 461. The molecule has 0 aromatic heterocycles. The van der Waals surface area contributed by atoms with Crippen molar-refractivity contribution in [3.05, 3.63) is 30.1 Å². The van der Waals surface area contributed by atoms with Crippen LogP contribution >= 0.6 is 0 Å². The van der Waals surface area contributed by atoms with Crippen LogP contribution in [-0.2, 0) is 4.79 Å². The van der Waals surface area contributed by atoms with Crippen molar-refractivity contribution in [3.8, 4) is 0 Å². The van der Waals surface area contributed by atoms with E-state index in [2.05, 4.69) is 5.32 Å². The van der Waals surface area contributed by atoms with Crippen LogP contribution in [0.15, 0.2) is 24.3 Å². The summed E-state index contributed by atoms with van der Waals surface area (Å²) in [6.45, 7) is 5.15. The van der Waals surface area contributed by atoms with Crippen LogP contribution in [0.4, 0.5) is 10.1 Å². The molecule has 0 radical (unpaired) electrons. The lowest BCUT2D eigenvalue weighted by Gasteiger charge is -2.30. The van der Waals surface area contributed by atoms with Crippen molar-refractivity contribution in [1.82, 2.24) is 5.32 Å². The third-order valence-electron chi connectivity index (χ3n) is 4.10. The van der Waals surface area contributed by atoms with E-state index >= 15 is 0 Å². The zero-order valence-corrected chi connectivity index (χ0v) is 13.0. The van der Waals surface area contributed by atoms with Gasteiger partial charge in [0.1, 0.15) is 11.4 Å². The van der Waals surface area contributed by atoms with Crippen molar-refractivity contribution in [2.75, 3.05) is 25.0 Å². The van der Waals surface area contributed by atoms with E-state index in [1.807, 2.05) is 24.8 Å². The van der Waals surface area contributed by atoms with Crippen molar-refractivity contribution in [1.29, 1.82) is 0 Å². The molecule has 1 aromatic carbocycles. The minimum atomic E-state index is -0.894. The Morgan fingerprint density at radius 3 is 2.52 bits per heavy atom. The summed E-state index contributed by atoms with van der Waals surface area (Å²) < 4.78 is 13.8. The molecule has 0 bridgehead atoms. The van der Waals surface area contributed by atoms with E-state index in [-0.39, 0.29) is 5.82 Å². The number of carbonyl (C=O) groups is 1. The standard InChI is InChI=1S/C16H25FN2O2/c1-4-16(18-3,15(20)21)11-8-12-19(5-2)14-10-7-6-9-13(14)17/h6-7,9-10,18H,4-5,8,11-12H2,1-3H3,(H,20,21). The summed E-state index contributed by atoms with van der Waals surface area (Å²) in [6.07, 6.45) is 1.72. The summed E-state index contributed by atoms with van der Waals surface area (Å²) in [5.41, 5.74) is -0.323. The van der Waals surface area contributed by atoms with Gasteiger partial charge < -0.3 is 15.3 Å². The van der Waals surface area contributed by atoms with E-state index in [1.165, 1.54) is 6.07 Å². The van der Waals surface area contributed by atoms with Gasteiger partial charge in [-0.3, -0.25) is 4.79 Å². The zero-order chi connectivity index (χ0) is 15.9. The molecule has 4 nitrogen and oxygen atoms in total. The van der Waals surface area contributed by atoms with Crippen LogP contribution in [0, 0.1) is 5.82 Å². The minimum absolute atomic E-state index is 0.243. The van der Waals surface area contributed by atoms with Gasteiger partial charge in [0.2, 0.25) is 0 Å². The minimum Gasteiger partial charge on any atom is -0.480 e. The van der Waals surface area contributed by atoms with Gasteiger partial charge in [-0.15, -0.1) is 0 Å². The van der Waals surface area contributed by atoms with Crippen LogP contribution in [0.3, 0.4) is 0 Å². The highest BCUT2D eigenvalue weighted by Gasteiger charge is 2.34. The van der Waals surface area contributed by atoms with Crippen LogP contribution in [0.2, 0.25) is 0 Å². The topological polar surface area (TPSA) is 52.6 Å². The smallest absolute Gasteiger partial charge is 0.323 e. The number of likely N-dealkylation sites (N-methyl/N-ethyl adjacent to an activating group) is 1. The Kier molecular flexibility index (Phi) is 6.62. The molecule has 21 heavy (non-hydrogen) atoms. The fourth-order valence-electron chi connectivity index (χ4n) is 2.57. The Morgan fingerprint density at radius 1 is 1.38 bits per heavy atom. The third-order valence-corrected chi connectivity index (χ3v) is 4.10. The number of hydrogen-bond donors (Lipinski definition) is 2. The third kappa shape index (κ3) is 4.17. The molecule has 2 N–H and O–H groups in total. The van der Waals surface area contributed by atoms with Crippen LogP contribution in [0.5, 0.6) is 0 Å². The Hall–Kier alpha value is -1.62. The van der Waals surface area contributed by atoms with Gasteiger partial charge in [-0.25, -0.2) is 4.39 Å². The number of hydrogen-bond acceptors (Lipinski definition) is 3. The second-order valence-corrected chi connectivity index (χ2v) is 5.13. The predicted octanol–water partition coefficient (Wildman–Crippen LogP) is 2.89. The summed E-state index contributed by atoms with van der Waals surface area (Å²) in [5, 5.41) is 12.3. The van der Waals surface area contributed by atoms with E-state index in [1.54, 1.807) is 19.2 Å². The van der Waals surface area contributed by atoms with E-state index in [4.69, 9.17) is 0 Å². The highest BCUT2D eigenvalue weighted by Crippen LogP contribution is 2.22. The van der Waals surface area contributed by atoms with E-state index in [0.717, 1.165) is 0 Å². The second-order valence-electron chi connectivity index (χ2n) is 5.13. The normalized spacial score (nSPS) is 13.7. The van der Waals surface area contributed by atoms with Crippen LogP contribution < -0.4 is 10.2 Å². The first-order chi connectivity index (χ1) is 10.0. The van der Waals surface area contributed by atoms with Gasteiger partial charge in [0, 0.05) is 13.1 Å². The zero-order valence-electron chi connectivity index (χ0n) is 13.0. The molecule has 1 rings (SSSR count). The number of nitrogens with one attached hydrogen (secondary N) is 1. The predicted molar refractivity (Wildman–Crippen MR) is 83.2 cm³/mol. The molecule has 0 aliphatic carbocycles. The Balaban J connectivity index is 2.68. The molecule has 0 aliphatic rings. The molecule has 5 heteroatoms. The Morgan fingerprint density at radius 2 is 2.05 bits per heavy atom. The monoisotopic (exact) mass is 296 g/mol. The van der Waals surface area contributed by atoms with E-state index in [0.29, 0.717) is 38.0 Å². The lowest BCUT2D eigenvalue weighted by Crippen LogP contribution is -2.50. The van der Waals surface area contributed by atoms with Crippen molar-refractivity contribution in [2.45, 2.75) is 38.6 Å². The molecule has 0 amide bonds.